The molecular weight excluding hydrogens is 244 g/mol. The van der Waals surface area contributed by atoms with E-state index in [0.717, 1.165) is 12.0 Å². The maximum absolute atomic E-state index is 3.72. The van der Waals surface area contributed by atoms with E-state index in [9.17, 15) is 0 Å². The number of nitrogens with zero attached hydrogens (tertiary/aromatic N) is 1. The van der Waals surface area contributed by atoms with Gasteiger partial charge in [-0.1, -0.05) is 46.5 Å². The Morgan fingerprint density at radius 2 is 1.95 bits per heavy atom. The third kappa shape index (κ3) is 6.13. The summed E-state index contributed by atoms with van der Waals surface area (Å²) in [5.41, 5.74) is 0. The predicted molar refractivity (Wildman–Crippen MR) is 90.3 cm³/mol. The molecule has 1 fully saturated rings. The van der Waals surface area contributed by atoms with Crippen molar-refractivity contribution in [2.75, 3.05) is 19.6 Å². The van der Waals surface area contributed by atoms with Gasteiger partial charge in [0.05, 0.1) is 0 Å². The summed E-state index contributed by atoms with van der Waals surface area (Å²) in [6.07, 6.45) is 11.0. The number of likely N-dealkylation sites (tertiary alicyclic amines) is 1. The minimum atomic E-state index is 0.652. The van der Waals surface area contributed by atoms with Crippen LogP contribution in [0.3, 0.4) is 0 Å². The van der Waals surface area contributed by atoms with Crippen molar-refractivity contribution in [2.24, 2.45) is 5.92 Å². The Hall–Kier alpha value is -0.0800. The minimum absolute atomic E-state index is 0.652. The van der Waals surface area contributed by atoms with Gasteiger partial charge in [-0.25, -0.2) is 0 Å². The molecule has 0 aromatic carbocycles. The van der Waals surface area contributed by atoms with E-state index in [1.165, 1.54) is 71.0 Å². The lowest BCUT2D eigenvalue weighted by Crippen LogP contribution is -2.52. The van der Waals surface area contributed by atoms with Crippen LogP contribution in [0.5, 0.6) is 0 Å². The topological polar surface area (TPSA) is 15.3 Å². The summed E-state index contributed by atoms with van der Waals surface area (Å²) >= 11 is 0. The fourth-order valence-corrected chi connectivity index (χ4v) is 3.57. The van der Waals surface area contributed by atoms with Crippen LogP contribution in [-0.2, 0) is 0 Å². The van der Waals surface area contributed by atoms with Gasteiger partial charge < -0.3 is 5.32 Å². The van der Waals surface area contributed by atoms with Crippen molar-refractivity contribution in [3.8, 4) is 0 Å². The number of piperidine rings is 1. The van der Waals surface area contributed by atoms with Crippen LogP contribution in [0.2, 0.25) is 0 Å². The van der Waals surface area contributed by atoms with Crippen molar-refractivity contribution in [3.63, 3.8) is 0 Å². The Morgan fingerprint density at radius 3 is 2.60 bits per heavy atom. The Kier molecular flexibility index (Phi) is 9.54. The monoisotopic (exact) mass is 282 g/mol. The second kappa shape index (κ2) is 10.6. The molecule has 1 N–H and O–H groups in total. The van der Waals surface area contributed by atoms with Crippen LogP contribution < -0.4 is 5.32 Å². The van der Waals surface area contributed by atoms with E-state index in [-0.39, 0.29) is 0 Å². The molecule has 2 nitrogen and oxygen atoms in total. The van der Waals surface area contributed by atoms with Crippen LogP contribution in [0.15, 0.2) is 0 Å². The van der Waals surface area contributed by atoms with Crippen LogP contribution >= 0.6 is 0 Å². The molecule has 2 heteroatoms. The molecule has 120 valence electrons. The zero-order valence-corrected chi connectivity index (χ0v) is 14.5. The summed E-state index contributed by atoms with van der Waals surface area (Å²) in [6.45, 7) is 13.2. The van der Waals surface area contributed by atoms with Gasteiger partial charge in [-0.05, 0) is 51.6 Å². The maximum Gasteiger partial charge on any atom is 0.0246 e. The van der Waals surface area contributed by atoms with Gasteiger partial charge in [0, 0.05) is 18.6 Å². The van der Waals surface area contributed by atoms with E-state index < -0.39 is 0 Å². The highest BCUT2D eigenvalue weighted by Gasteiger charge is 2.28. The number of nitrogens with one attached hydrogen (secondary N) is 1. The van der Waals surface area contributed by atoms with E-state index in [2.05, 4.69) is 37.9 Å². The number of hydrogen-bond acceptors (Lipinski definition) is 2. The molecule has 0 aromatic rings. The molecule has 3 unspecified atom stereocenters. The molecular formula is C18H38N2. The van der Waals surface area contributed by atoms with Gasteiger partial charge in [0.2, 0.25) is 0 Å². The lowest BCUT2D eigenvalue weighted by molar-refractivity contribution is 0.0965. The Balaban J connectivity index is 2.49. The van der Waals surface area contributed by atoms with Crippen LogP contribution in [0.1, 0.15) is 79.1 Å². The first kappa shape index (κ1) is 18.0. The molecule has 0 spiro atoms. The van der Waals surface area contributed by atoms with Gasteiger partial charge in [-0.3, -0.25) is 4.90 Å². The molecule has 0 saturated carbocycles. The molecule has 0 amide bonds. The second-order valence-corrected chi connectivity index (χ2v) is 6.72. The SMILES string of the molecule is CCCCC(CC)CN1CCCCC1C(C)NCCC. The average molecular weight is 283 g/mol. The molecule has 0 radical (unpaired) electrons. The predicted octanol–water partition coefficient (Wildman–Crippen LogP) is 4.45. The number of hydrogen-bond donors (Lipinski definition) is 1. The first-order valence-electron chi connectivity index (χ1n) is 9.20. The van der Waals surface area contributed by atoms with E-state index >= 15 is 0 Å². The minimum Gasteiger partial charge on any atom is -0.313 e. The third-order valence-electron chi connectivity index (χ3n) is 4.99. The Bertz CT molecular complexity index is 229. The summed E-state index contributed by atoms with van der Waals surface area (Å²) in [5.74, 6) is 0.911. The zero-order chi connectivity index (χ0) is 14.8. The standard InChI is InChI=1S/C18H38N2/c1-5-8-11-17(7-3)15-20-14-10-9-12-18(20)16(4)19-13-6-2/h16-19H,5-15H2,1-4H3. The molecule has 0 aromatic heterocycles. The number of rotatable bonds is 10. The van der Waals surface area contributed by atoms with E-state index in [0.29, 0.717) is 6.04 Å². The van der Waals surface area contributed by atoms with Gasteiger partial charge in [-0.15, -0.1) is 0 Å². The molecule has 20 heavy (non-hydrogen) atoms. The van der Waals surface area contributed by atoms with Crippen LogP contribution in [0.25, 0.3) is 0 Å². The largest absolute Gasteiger partial charge is 0.313 e. The Labute approximate surface area is 127 Å². The van der Waals surface area contributed by atoms with Crippen molar-refractivity contribution < 1.29 is 0 Å². The molecule has 1 aliphatic heterocycles. The first-order chi connectivity index (χ1) is 9.72. The van der Waals surface area contributed by atoms with Crippen LogP contribution in [0.4, 0.5) is 0 Å². The smallest absolute Gasteiger partial charge is 0.0246 e. The fourth-order valence-electron chi connectivity index (χ4n) is 3.57. The Morgan fingerprint density at radius 1 is 1.15 bits per heavy atom. The molecule has 0 bridgehead atoms. The molecule has 0 aliphatic carbocycles. The van der Waals surface area contributed by atoms with Crippen molar-refractivity contribution in [1.29, 1.82) is 0 Å². The van der Waals surface area contributed by atoms with Gasteiger partial charge in [0.1, 0.15) is 0 Å². The maximum atomic E-state index is 3.72. The molecule has 1 rings (SSSR count). The summed E-state index contributed by atoms with van der Waals surface area (Å²) < 4.78 is 0. The summed E-state index contributed by atoms with van der Waals surface area (Å²) in [7, 11) is 0. The van der Waals surface area contributed by atoms with E-state index in [1.54, 1.807) is 0 Å². The lowest BCUT2D eigenvalue weighted by atomic mass is 9.92. The highest BCUT2D eigenvalue weighted by Crippen LogP contribution is 2.23. The van der Waals surface area contributed by atoms with Gasteiger partial charge in [0.25, 0.3) is 0 Å². The van der Waals surface area contributed by atoms with Crippen LogP contribution in [0, 0.1) is 5.92 Å². The molecule has 1 aliphatic rings. The van der Waals surface area contributed by atoms with Crippen molar-refractivity contribution >= 4 is 0 Å². The van der Waals surface area contributed by atoms with Crippen molar-refractivity contribution in [2.45, 2.75) is 91.1 Å². The third-order valence-corrected chi connectivity index (χ3v) is 4.99. The van der Waals surface area contributed by atoms with Crippen molar-refractivity contribution in [3.05, 3.63) is 0 Å². The van der Waals surface area contributed by atoms with Crippen molar-refractivity contribution in [1.82, 2.24) is 10.2 Å². The lowest BCUT2D eigenvalue weighted by Gasteiger charge is -2.41. The first-order valence-corrected chi connectivity index (χ1v) is 9.20. The summed E-state index contributed by atoms with van der Waals surface area (Å²) in [4.78, 5) is 2.81. The van der Waals surface area contributed by atoms with Gasteiger partial charge in [-0.2, -0.15) is 0 Å². The molecule has 1 heterocycles. The van der Waals surface area contributed by atoms with E-state index in [4.69, 9.17) is 0 Å². The summed E-state index contributed by atoms with van der Waals surface area (Å²) in [5, 5.41) is 3.72. The highest BCUT2D eigenvalue weighted by atomic mass is 15.2. The number of unbranched alkanes of at least 4 members (excludes halogenated alkanes) is 1. The zero-order valence-electron chi connectivity index (χ0n) is 14.5. The summed E-state index contributed by atoms with van der Waals surface area (Å²) in [6, 6.07) is 1.42. The van der Waals surface area contributed by atoms with E-state index in [1.807, 2.05) is 0 Å². The molecule has 3 atom stereocenters. The quantitative estimate of drug-likeness (QED) is 0.637. The normalized spacial score (nSPS) is 23.7. The van der Waals surface area contributed by atoms with Crippen LogP contribution in [-0.4, -0.2) is 36.6 Å². The second-order valence-electron chi connectivity index (χ2n) is 6.72. The average Bonchev–Trinajstić information content (AvgIpc) is 2.49. The fraction of sp³-hybridized carbons (Fsp3) is 1.00. The van der Waals surface area contributed by atoms with Gasteiger partial charge in [0.15, 0.2) is 0 Å². The highest BCUT2D eigenvalue weighted by molar-refractivity contribution is 4.86. The van der Waals surface area contributed by atoms with Gasteiger partial charge >= 0.3 is 0 Å². The molecule has 1 saturated heterocycles.